The molecule has 98 valence electrons. The van der Waals surface area contributed by atoms with Crippen LogP contribution in [0.2, 0.25) is 0 Å². The predicted octanol–water partition coefficient (Wildman–Crippen LogP) is 2.17. The second-order valence-electron chi connectivity index (χ2n) is 4.73. The molecule has 18 heavy (non-hydrogen) atoms. The molecular formula is C14H19FN2O. The van der Waals surface area contributed by atoms with E-state index in [1.54, 1.807) is 19.1 Å². The van der Waals surface area contributed by atoms with Crippen LogP contribution >= 0.6 is 0 Å². The minimum atomic E-state index is -0.293. The minimum absolute atomic E-state index is 0.0150. The number of hydrogen-bond acceptors (Lipinski definition) is 3. The average molecular weight is 250 g/mol. The molecule has 0 unspecified atom stereocenters. The van der Waals surface area contributed by atoms with Crippen molar-refractivity contribution in [1.82, 2.24) is 4.90 Å². The summed E-state index contributed by atoms with van der Waals surface area (Å²) in [4.78, 5) is 15.8. The molecule has 0 bridgehead atoms. The summed E-state index contributed by atoms with van der Waals surface area (Å²) >= 11 is 0. The molecule has 3 nitrogen and oxygen atoms in total. The van der Waals surface area contributed by atoms with Crippen molar-refractivity contribution < 1.29 is 9.18 Å². The standard InChI is InChI=1S/C14H19FN2O/c1-3-14(18)11-4-5-13(12(15)10-11)17-8-6-16(2)7-9-17/h4-5,10H,3,6-9H2,1-2H3. The second kappa shape index (κ2) is 5.48. The number of rotatable bonds is 3. The molecule has 1 heterocycles. The summed E-state index contributed by atoms with van der Waals surface area (Å²) in [5.41, 5.74) is 1.07. The molecule has 0 aromatic heterocycles. The maximum absolute atomic E-state index is 14.0. The Hall–Kier alpha value is -1.42. The van der Waals surface area contributed by atoms with Crippen molar-refractivity contribution in [3.8, 4) is 0 Å². The van der Waals surface area contributed by atoms with E-state index in [9.17, 15) is 9.18 Å². The van der Waals surface area contributed by atoms with Gasteiger partial charge in [-0.2, -0.15) is 0 Å². The van der Waals surface area contributed by atoms with Crippen LogP contribution in [-0.2, 0) is 0 Å². The summed E-state index contributed by atoms with van der Waals surface area (Å²) in [6.07, 6.45) is 0.410. The third-order valence-corrected chi connectivity index (χ3v) is 3.43. The molecule has 1 aromatic rings. The minimum Gasteiger partial charge on any atom is -0.367 e. The maximum Gasteiger partial charge on any atom is 0.162 e. The normalized spacial score (nSPS) is 16.9. The van der Waals surface area contributed by atoms with Crippen molar-refractivity contribution in [1.29, 1.82) is 0 Å². The number of anilines is 1. The quantitative estimate of drug-likeness (QED) is 0.768. The topological polar surface area (TPSA) is 23.6 Å². The lowest BCUT2D eigenvalue weighted by atomic mass is 10.1. The van der Waals surface area contributed by atoms with Gasteiger partial charge >= 0.3 is 0 Å². The second-order valence-corrected chi connectivity index (χ2v) is 4.73. The third kappa shape index (κ3) is 2.70. The molecule has 1 saturated heterocycles. The monoisotopic (exact) mass is 250 g/mol. The van der Waals surface area contributed by atoms with E-state index in [1.165, 1.54) is 6.07 Å². The molecule has 1 aliphatic rings. The number of nitrogens with zero attached hydrogens (tertiary/aromatic N) is 2. The lowest BCUT2D eigenvalue weighted by Gasteiger charge is -2.34. The van der Waals surface area contributed by atoms with Gasteiger partial charge in [0, 0.05) is 38.2 Å². The number of carbonyl (C=O) groups excluding carboxylic acids is 1. The number of benzene rings is 1. The Balaban J connectivity index is 2.17. The Morgan fingerprint density at radius 1 is 1.28 bits per heavy atom. The van der Waals surface area contributed by atoms with Gasteiger partial charge in [-0.1, -0.05) is 6.92 Å². The Labute approximate surface area is 107 Å². The first-order valence-corrected chi connectivity index (χ1v) is 6.38. The fraction of sp³-hybridized carbons (Fsp3) is 0.500. The van der Waals surface area contributed by atoms with Crippen molar-refractivity contribution in [3.63, 3.8) is 0 Å². The number of piperazine rings is 1. The van der Waals surface area contributed by atoms with Crippen molar-refractivity contribution >= 4 is 11.5 Å². The van der Waals surface area contributed by atoms with Crippen LogP contribution in [-0.4, -0.2) is 43.9 Å². The number of Topliss-reactive ketones (excluding diaryl/α,β-unsaturated/α-hetero) is 1. The van der Waals surface area contributed by atoms with E-state index in [1.807, 2.05) is 4.90 Å². The Morgan fingerprint density at radius 3 is 2.50 bits per heavy atom. The molecule has 1 fully saturated rings. The highest BCUT2D eigenvalue weighted by molar-refractivity contribution is 5.96. The van der Waals surface area contributed by atoms with Crippen molar-refractivity contribution in [2.45, 2.75) is 13.3 Å². The lowest BCUT2D eigenvalue weighted by molar-refractivity contribution is 0.0987. The van der Waals surface area contributed by atoms with E-state index in [4.69, 9.17) is 0 Å². The summed E-state index contributed by atoms with van der Waals surface area (Å²) < 4.78 is 14.0. The molecule has 0 spiro atoms. The van der Waals surface area contributed by atoms with Crippen molar-refractivity contribution in [2.24, 2.45) is 0 Å². The molecule has 0 aliphatic carbocycles. The molecule has 4 heteroatoms. The lowest BCUT2D eigenvalue weighted by Crippen LogP contribution is -2.44. The highest BCUT2D eigenvalue weighted by atomic mass is 19.1. The van der Waals surface area contributed by atoms with Crippen molar-refractivity contribution in [2.75, 3.05) is 38.1 Å². The van der Waals surface area contributed by atoms with Crippen LogP contribution in [0.1, 0.15) is 23.7 Å². The van der Waals surface area contributed by atoms with E-state index < -0.39 is 0 Å². The van der Waals surface area contributed by atoms with Gasteiger partial charge in [0.25, 0.3) is 0 Å². The van der Waals surface area contributed by atoms with Crippen molar-refractivity contribution in [3.05, 3.63) is 29.6 Å². The Morgan fingerprint density at radius 2 is 1.94 bits per heavy atom. The van der Waals surface area contributed by atoms with Gasteiger partial charge in [0.1, 0.15) is 5.82 Å². The molecule has 0 saturated carbocycles. The van der Waals surface area contributed by atoms with Gasteiger partial charge in [-0.15, -0.1) is 0 Å². The Bertz CT molecular complexity index is 439. The fourth-order valence-electron chi connectivity index (χ4n) is 2.19. The summed E-state index contributed by atoms with van der Waals surface area (Å²) in [7, 11) is 2.07. The number of ketones is 1. The van der Waals surface area contributed by atoms with E-state index in [2.05, 4.69) is 11.9 Å². The molecular weight excluding hydrogens is 231 g/mol. The first-order chi connectivity index (χ1) is 8.61. The van der Waals surface area contributed by atoms with Gasteiger partial charge in [-0.3, -0.25) is 4.79 Å². The van der Waals surface area contributed by atoms with E-state index in [0.29, 0.717) is 17.7 Å². The molecule has 2 rings (SSSR count). The SMILES string of the molecule is CCC(=O)c1ccc(N2CCN(C)CC2)c(F)c1. The molecule has 1 aliphatic heterocycles. The highest BCUT2D eigenvalue weighted by Gasteiger charge is 2.18. The molecule has 1 aromatic carbocycles. The van der Waals surface area contributed by atoms with E-state index in [-0.39, 0.29) is 11.6 Å². The van der Waals surface area contributed by atoms with Crippen LogP contribution in [0.15, 0.2) is 18.2 Å². The number of halogens is 1. The van der Waals surface area contributed by atoms with E-state index in [0.717, 1.165) is 26.2 Å². The van der Waals surface area contributed by atoms with Crippen LogP contribution in [0, 0.1) is 5.82 Å². The van der Waals surface area contributed by atoms with E-state index >= 15 is 0 Å². The van der Waals surface area contributed by atoms with Gasteiger partial charge in [-0.05, 0) is 25.2 Å². The highest BCUT2D eigenvalue weighted by Crippen LogP contribution is 2.22. The average Bonchev–Trinajstić information content (AvgIpc) is 2.39. The number of hydrogen-bond donors (Lipinski definition) is 0. The van der Waals surface area contributed by atoms with Gasteiger partial charge in [0.05, 0.1) is 5.69 Å². The largest absolute Gasteiger partial charge is 0.367 e. The fourth-order valence-corrected chi connectivity index (χ4v) is 2.19. The van der Waals surface area contributed by atoms with Crippen LogP contribution < -0.4 is 4.90 Å². The molecule has 0 radical (unpaired) electrons. The molecule has 0 atom stereocenters. The first kappa shape index (κ1) is 13.0. The van der Waals surface area contributed by atoms with Gasteiger partial charge in [0.2, 0.25) is 0 Å². The molecule has 0 amide bonds. The summed E-state index contributed by atoms with van der Waals surface area (Å²) in [5, 5.41) is 0. The van der Waals surface area contributed by atoms with Gasteiger partial charge in [0.15, 0.2) is 5.78 Å². The predicted molar refractivity (Wildman–Crippen MR) is 70.7 cm³/mol. The first-order valence-electron chi connectivity index (χ1n) is 6.38. The zero-order chi connectivity index (χ0) is 13.1. The zero-order valence-corrected chi connectivity index (χ0v) is 10.9. The zero-order valence-electron chi connectivity index (χ0n) is 10.9. The van der Waals surface area contributed by atoms with Crippen LogP contribution in [0.25, 0.3) is 0 Å². The number of likely N-dealkylation sites (N-methyl/N-ethyl adjacent to an activating group) is 1. The summed E-state index contributed by atoms with van der Waals surface area (Å²) in [5.74, 6) is -0.308. The van der Waals surface area contributed by atoms with Gasteiger partial charge in [-0.25, -0.2) is 4.39 Å². The van der Waals surface area contributed by atoms with Crippen LogP contribution in [0.5, 0.6) is 0 Å². The Kier molecular flexibility index (Phi) is 3.97. The van der Waals surface area contributed by atoms with Crippen LogP contribution in [0.4, 0.5) is 10.1 Å². The summed E-state index contributed by atoms with van der Waals surface area (Å²) in [6, 6.07) is 4.81. The third-order valence-electron chi connectivity index (χ3n) is 3.43. The number of carbonyl (C=O) groups is 1. The van der Waals surface area contributed by atoms with Crippen LogP contribution in [0.3, 0.4) is 0 Å². The van der Waals surface area contributed by atoms with Gasteiger partial charge < -0.3 is 9.80 Å². The maximum atomic E-state index is 14.0. The molecule has 0 N–H and O–H groups in total. The smallest absolute Gasteiger partial charge is 0.162 e. The summed E-state index contributed by atoms with van der Waals surface area (Å²) in [6.45, 7) is 5.32.